The van der Waals surface area contributed by atoms with Gasteiger partial charge in [-0.05, 0) is 49.7 Å². The molecule has 8 heteroatoms. The minimum absolute atomic E-state index is 0.439. The van der Waals surface area contributed by atoms with Crippen LogP contribution in [-0.2, 0) is 0 Å². The van der Waals surface area contributed by atoms with Gasteiger partial charge in [-0.15, -0.1) is 11.3 Å². The minimum Gasteiger partial charge on any atom is -0.494 e. The van der Waals surface area contributed by atoms with Crippen molar-refractivity contribution in [1.29, 1.82) is 0 Å². The molecule has 0 aliphatic heterocycles. The van der Waals surface area contributed by atoms with Crippen LogP contribution >= 0.6 is 11.3 Å². The zero-order valence-electron chi connectivity index (χ0n) is 19.3. The maximum absolute atomic E-state index is 12.6. The second-order valence-corrected chi connectivity index (χ2v) is 9.07. The van der Waals surface area contributed by atoms with Crippen molar-refractivity contribution in [3.63, 3.8) is 0 Å². The topological polar surface area (TPSA) is 103 Å². The van der Waals surface area contributed by atoms with Crippen molar-refractivity contribution in [2.45, 2.75) is 13.8 Å². The largest absolute Gasteiger partial charge is 0.494 e. The number of anilines is 2. The minimum atomic E-state index is -0.503. The number of carbonyl (C=O) groups excluding carboxylic acids is 1. The average Bonchev–Trinajstić information content (AvgIpc) is 3.21. The maximum Gasteiger partial charge on any atom is 0.252 e. The second kappa shape index (κ2) is 9.52. The summed E-state index contributed by atoms with van der Waals surface area (Å²) < 4.78 is 5.71. The van der Waals surface area contributed by atoms with Crippen molar-refractivity contribution >= 4 is 39.0 Å². The molecule has 0 unspecified atom stereocenters. The first kappa shape index (κ1) is 22.5. The number of nitrogens with zero attached hydrogens (tertiary/aromatic N) is 3. The van der Waals surface area contributed by atoms with Gasteiger partial charge in [0.2, 0.25) is 0 Å². The first-order chi connectivity index (χ1) is 17.0. The lowest BCUT2D eigenvalue weighted by atomic mass is 10.0. The third-order valence-corrected chi connectivity index (χ3v) is 6.54. The summed E-state index contributed by atoms with van der Waals surface area (Å²) in [7, 11) is 0. The van der Waals surface area contributed by atoms with Crippen molar-refractivity contribution in [2.75, 3.05) is 11.9 Å². The molecule has 0 saturated carbocycles. The van der Waals surface area contributed by atoms with E-state index >= 15 is 0 Å². The number of aromatic nitrogens is 3. The fourth-order valence-electron chi connectivity index (χ4n) is 4.01. The quantitative estimate of drug-likeness (QED) is 0.297. The monoisotopic (exact) mass is 481 g/mol. The maximum atomic E-state index is 12.6. The molecule has 0 spiro atoms. The highest BCUT2D eigenvalue weighted by atomic mass is 32.1. The molecule has 0 aliphatic carbocycles. The standard InChI is InChI=1S/C27H23N5O2S/c1-3-34-19-11-12-21-20(14-19)26(31-25(30-21)18-10-7-13-29-15-18)32-27-23(24(28)33)22(16(2)35-27)17-8-5-4-6-9-17/h4-15H,3H2,1-2H3,(H2,28,33)(H,30,31,32). The van der Waals surface area contributed by atoms with Crippen LogP contribution in [-0.4, -0.2) is 27.5 Å². The number of nitrogens with two attached hydrogens (primary N) is 1. The predicted molar refractivity (Wildman–Crippen MR) is 140 cm³/mol. The van der Waals surface area contributed by atoms with Crippen LogP contribution in [0, 0.1) is 6.92 Å². The lowest BCUT2D eigenvalue weighted by Gasteiger charge is -2.12. The Morgan fingerprint density at radius 2 is 1.86 bits per heavy atom. The summed E-state index contributed by atoms with van der Waals surface area (Å²) in [5.74, 6) is 1.29. The van der Waals surface area contributed by atoms with Crippen molar-refractivity contribution < 1.29 is 9.53 Å². The molecule has 0 atom stereocenters. The van der Waals surface area contributed by atoms with Gasteiger partial charge in [-0.25, -0.2) is 9.97 Å². The molecule has 0 aliphatic rings. The first-order valence-corrected chi connectivity index (χ1v) is 12.0. The van der Waals surface area contributed by atoms with E-state index in [0.717, 1.165) is 32.5 Å². The van der Waals surface area contributed by atoms with Crippen LogP contribution in [0.4, 0.5) is 10.8 Å². The van der Waals surface area contributed by atoms with E-state index in [2.05, 4.69) is 10.3 Å². The zero-order chi connectivity index (χ0) is 24.4. The third-order valence-electron chi connectivity index (χ3n) is 5.52. The van der Waals surface area contributed by atoms with Crippen molar-refractivity contribution in [3.8, 4) is 28.3 Å². The molecule has 1 amide bonds. The summed E-state index contributed by atoms with van der Waals surface area (Å²) in [4.78, 5) is 27.4. The summed E-state index contributed by atoms with van der Waals surface area (Å²) in [6, 6.07) is 19.2. The summed E-state index contributed by atoms with van der Waals surface area (Å²) in [6.07, 6.45) is 3.42. The Balaban J connectivity index is 1.69. The molecular weight excluding hydrogens is 458 g/mol. The number of pyridine rings is 1. The molecule has 5 aromatic rings. The number of amides is 1. The van der Waals surface area contributed by atoms with Gasteiger partial charge in [0, 0.05) is 33.8 Å². The number of carbonyl (C=O) groups is 1. The molecule has 0 bridgehead atoms. The Morgan fingerprint density at radius 1 is 1.06 bits per heavy atom. The third kappa shape index (κ3) is 4.43. The molecule has 35 heavy (non-hydrogen) atoms. The van der Waals surface area contributed by atoms with E-state index in [4.69, 9.17) is 20.4 Å². The van der Waals surface area contributed by atoms with Gasteiger partial charge in [0.05, 0.1) is 17.7 Å². The van der Waals surface area contributed by atoms with Gasteiger partial charge >= 0.3 is 0 Å². The van der Waals surface area contributed by atoms with Gasteiger partial charge in [-0.2, -0.15) is 0 Å². The zero-order valence-corrected chi connectivity index (χ0v) is 20.1. The van der Waals surface area contributed by atoms with E-state index in [-0.39, 0.29) is 0 Å². The Bertz CT molecular complexity index is 1520. The molecule has 3 heterocycles. The van der Waals surface area contributed by atoms with E-state index in [1.165, 1.54) is 11.3 Å². The van der Waals surface area contributed by atoms with Crippen molar-refractivity contribution in [3.05, 3.63) is 83.5 Å². The Morgan fingerprint density at radius 3 is 2.57 bits per heavy atom. The number of nitrogens with one attached hydrogen (secondary N) is 1. The summed E-state index contributed by atoms with van der Waals surface area (Å²) >= 11 is 1.47. The van der Waals surface area contributed by atoms with E-state index < -0.39 is 5.91 Å². The molecule has 5 rings (SSSR count). The molecule has 3 N–H and O–H groups in total. The Kier molecular flexibility index (Phi) is 6.12. The highest BCUT2D eigenvalue weighted by Gasteiger charge is 2.23. The number of ether oxygens (including phenoxy) is 1. The number of hydrogen-bond acceptors (Lipinski definition) is 7. The molecule has 0 saturated heterocycles. The number of rotatable bonds is 7. The number of aryl methyl sites for hydroxylation is 1. The number of thiophene rings is 1. The van der Waals surface area contributed by atoms with Gasteiger partial charge in [0.15, 0.2) is 5.82 Å². The molecule has 0 radical (unpaired) electrons. The van der Waals surface area contributed by atoms with E-state index in [1.54, 1.807) is 12.4 Å². The average molecular weight is 482 g/mol. The fourth-order valence-corrected chi connectivity index (χ4v) is 5.09. The number of fused-ring (bicyclic) bond motifs is 1. The van der Waals surface area contributed by atoms with Gasteiger partial charge in [0.25, 0.3) is 5.91 Å². The van der Waals surface area contributed by atoms with Crippen LogP contribution in [0.2, 0.25) is 0 Å². The van der Waals surface area contributed by atoms with Crippen molar-refractivity contribution in [1.82, 2.24) is 15.0 Å². The Hall–Kier alpha value is -4.30. The first-order valence-electron chi connectivity index (χ1n) is 11.2. The molecule has 2 aromatic carbocycles. The highest BCUT2D eigenvalue weighted by Crippen LogP contribution is 2.41. The normalized spacial score (nSPS) is 10.9. The molecule has 3 aromatic heterocycles. The van der Waals surface area contributed by atoms with Gasteiger partial charge in [-0.3, -0.25) is 9.78 Å². The molecule has 0 fully saturated rings. The van der Waals surface area contributed by atoms with Gasteiger partial charge < -0.3 is 15.8 Å². The van der Waals surface area contributed by atoms with E-state index in [9.17, 15) is 4.79 Å². The fraction of sp³-hybridized carbons (Fsp3) is 0.111. The van der Waals surface area contributed by atoms with Crippen LogP contribution in [0.25, 0.3) is 33.4 Å². The number of primary amides is 1. The molecule has 7 nitrogen and oxygen atoms in total. The van der Waals surface area contributed by atoms with Crippen LogP contribution in [0.3, 0.4) is 0 Å². The van der Waals surface area contributed by atoms with E-state index in [0.29, 0.717) is 34.6 Å². The lowest BCUT2D eigenvalue weighted by Crippen LogP contribution is -2.13. The van der Waals surface area contributed by atoms with Gasteiger partial charge in [0.1, 0.15) is 16.6 Å². The Labute approximate surface area is 206 Å². The van der Waals surface area contributed by atoms with E-state index in [1.807, 2.05) is 74.5 Å². The van der Waals surface area contributed by atoms with Crippen LogP contribution in [0.5, 0.6) is 5.75 Å². The molecule has 174 valence electrons. The smallest absolute Gasteiger partial charge is 0.252 e. The number of hydrogen-bond donors (Lipinski definition) is 2. The van der Waals surface area contributed by atoms with Crippen molar-refractivity contribution in [2.24, 2.45) is 5.73 Å². The van der Waals surface area contributed by atoms with Crippen LogP contribution in [0.15, 0.2) is 73.1 Å². The van der Waals surface area contributed by atoms with Crippen LogP contribution in [0.1, 0.15) is 22.2 Å². The summed E-state index contributed by atoms with van der Waals surface area (Å²) in [5, 5.41) is 4.80. The summed E-state index contributed by atoms with van der Waals surface area (Å²) in [6.45, 7) is 4.46. The highest BCUT2D eigenvalue weighted by molar-refractivity contribution is 7.17. The SMILES string of the molecule is CCOc1ccc2nc(-c3cccnc3)nc(Nc3sc(C)c(-c4ccccc4)c3C(N)=O)c2c1. The second-order valence-electron chi connectivity index (χ2n) is 7.84. The van der Waals surface area contributed by atoms with Crippen LogP contribution < -0.4 is 15.8 Å². The number of benzene rings is 2. The molecular formula is C27H23N5O2S. The summed E-state index contributed by atoms with van der Waals surface area (Å²) in [5.41, 5.74) is 9.61. The van der Waals surface area contributed by atoms with Gasteiger partial charge in [-0.1, -0.05) is 30.3 Å². The lowest BCUT2D eigenvalue weighted by molar-refractivity contribution is 0.100. The predicted octanol–water partition coefficient (Wildman–Crippen LogP) is 5.97.